The van der Waals surface area contributed by atoms with Crippen LogP contribution in [0.4, 0.5) is 0 Å². The van der Waals surface area contributed by atoms with E-state index in [-0.39, 0.29) is 22.9 Å². The number of unbranched alkanes of at least 4 members (excludes halogenated alkanes) is 3. The second kappa shape index (κ2) is 11.4. The molecule has 34 heavy (non-hydrogen) atoms. The molecule has 0 spiro atoms. The predicted molar refractivity (Wildman–Crippen MR) is 139 cm³/mol. The van der Waals surface area contributed by atoms with E-state index in [2.05, 4.69) is 58.6 Å². The molecular weight excluding hydrogens is 444 g/mol. The number of fused-ring (bicyclic) bond motifs is 1. The molecule has 0 unspecified atom stereocenters. The standard InChI is InChI=1S/C29H38O4S/c1-7-9-10-11-17-34-25-19-24-23(28(3,4)20-29(5,6)33-24)18-21(25)13-14-22-15-16-27(31-22)32-26(30)12-8-2/h15-16,18-19H,7-12,17,20H2,1-6H3. The largest absolute Gasteiger partial charge is 0.487 e. The zero-order valence-corrected chi connectivity index (χ0v) is 22.3. The highest BCUT2D eigenvalue weighted by Gasteiger charge is 2.39. The van der Waals surface area contributed by atoms with Crippen LogP contribution in [0.3, 0.4) is 0 Å². The summed E-state index contributed by atoms with van der Waals surface area (Å²) in [5.74, 6) is 8.84. The van der Waals surface area contributed by atoms with Gasteiger partial charge in [-0.1, -0.05) is 52.9 Å². The number of furan rings is 1. The van der Waals surface area contributed by atoms with Crippen molar-refractivity contribution in [2.45, 2.75) is 102 Å². The summed E-state index contributed by atoms with van der Waals surface area (Å²) < 4.78 is 17.2. The Morgan fingerprint density at radius 3 is 2.59 bits per heavy atom. The molecule has 4 nitrogen and oxygen atoms in total. The van der Waals surface area contributed by atoms with Gasteiger partial charge in [-0.25, -0.2) is 0 Å². The molecule has 0 radical (unpaired) electrons. The molecule has 0 saturated heterocycles. The third kappa shape index (κ3) is 7.09. The van der Waals surface area contributed by atoms with E-state index in [0.717, 1.165) is 34.8 Å². The second-order valence-corrected chi connectivity index (χ2v) is 11.4. The maximum absolute atomic E-state index is 11.7. The Kier molecular flexibility index (Phi) is 8.82. The molecular formula is C29H38O4S. The molecule has 0 N–H and O–H groups in total. The van der Waals surface area contributed by atoms with Gasteiger partial charge in [0.05, 0.1) is 0 Å². The summed E-state index contributed by atoms with van der Waals surface area (Å²) >= 11 is 1.84. The lowest BCUT2D eigenvalue weighted by Crippen LogP contribution is -2.41. The van der Waals surface area contributed by atoms with Crippen LogP contribution in [0.5, 0.6) is 11.7 Å². The zero-order valence-electron chi connectivity index (χ0n) is 21.5. The van der Waals surface area contributed by atoms with E-state index in [4.69, 9.17) is 13.9 Å². The van der Waals surface area contributed by atoms with Crippen molar-refractivity contribution in [3.63, 3.8) is 0 Å². The van der Waals surface area contributed by atoms with Gasteiger partial charge in [0, 0.05) is 28.5 Å². The summed E-state index contributed by atoms with van der Waals surface area (Å²) in [6.07, 6.45) is 6.98. The summed E-state index contributed by atoms with van der Waals surface area (Å²) in [7, 11) is 0. The minimum absolute atomic E-state index is 0.0107. The normalized spacial score (nSPS) is 15.6. The van der Waals surface area contributed by atoms with E-state index in [9.17, 15) is 4.79 Å². The van der Waals surface area contributed by atoms with Gasteiger partial charge in [-0.15, -0.1) is 11.8 Å². The highest BCUT2D eigenvalue weighted by Crippen LogP contribution is 2.46. The molecule has 1 aromatic carbocycles. The molecule has 1 aliphatic heterocycles. The van der Waals surface area contributed by atoms with Gasteiger partial charge in [0.15, 0.2) is 5.76 Å². The molecule has 1 aliphatic rings. The average molecular weight is 483 g/mol. The summed E-state index contributed by atoms with van der Waals surface area (Å²) in [6, 6.07) is 7.75. The lowest BCUT2D eigenvalue weighted by molar-refractivity contribution is -0.135. The molecule has 0 amide bonds. The topological polar surface area (TPSA) is 48.7 Å². The number of carbonyl (C=O) groups excluding carboxylic acids is 1. The first kappa shape index (κ1) is 26.3. The van der Waals surface area contributed by atoms with Crippen molar-refractivity contribution in [1.29, 1.82) is 0 Å². The SMILES string of the molecule is CCCCCCSc1cc2c(cc1C#Cc1ccc(OC(=O)CCC)o1)C(C)(C)CC(C)(C)O2. The van der Waals surface area contributed by atoms with Crippen LogP contribution < -0.4 is 9.47 Å². The van der Waals surface area contributed by atoms with Crippen molar-refractivity contribution >= 4 is 17.7 Å². The van der Waals surface area contributed by atoms with Crippen LogP contribution in [0.25, 0.3) is 0 Å². The first-order chi connectivity index (χ1) is 16.1. The van der Waals surface area contributed by atoms with Gasteiger partial charge < -0.3 is 13.9 Å². The Morgan fingerprint density at radius 2 is 1.85 bits per heavy atom. The van der Waals surface area contributed by atoms with E-state index in [0.29, 0.717) is 12.2 Å². The molecule has 0 aliphatic carbocycles. The third-order valence-electron chi connectivity index (χ3n) is 5.89. The van der Waals surface area contributed by atoms with Crippen molar-refractivity contribution in [2.24, 2.45) is 0 Å². The number of hydrogen-bond acceptors (Lipinski definition) is 5. The van der Waals surface area contributed by atoms with Gasteiger partial charge in [-0.3, -0.25) is 4.79 Å². The fourth-order valence-electron chi connectivity index (χ4n) is 4.53. The van der Waals surface area contributed by atoms with Crippen LogP contribution in [-0.4, -0.2) is 17.3 Å². The molecule has 184 valence electrons. The van der Waals surface area contributed by atoms with Gasteiger partial charge in [-0.05, 0) is 68.4 Å². The van der Waals surface area contributed by atoms with Crippen LogP contribution in [0.2, 0.25) is 0 Å². The van der Waals surface area contributed by atoms with Crippen LogP contribution in [-0.2, 0) is 10.2 Å². The predicted octanol–water partition coefficient (Wildman–Crippen LogP) is 7.90. The lowest BCUT2D eigenvalue weighted by Gasteiger charge is -2.42. The Balaban J connectivity index is 1.88. The van der Waals surface area contributed by atoms with Crippen LogP contribution in [0.1, 0.15) is 103 Å². The first-order valence-electron chi connectivity index (χ1n) is 12.5. The fourth-order valence-corrected chi connectivity index (χ4v) is 5.56. The summed E-state index contributed by atoms with van der Waals surface area (Å²) in [5, 5.41) is 0. The van der Waals surface area contributed by atoms with Gasteiger partial charge in [-0.2, -0.15) is 0 Å². The first-order valence-corrected chi connectivity index (χ1v) is 13.4. The lowest BCUT2D eigenvalue weighted by atomic mass is 9.73. The number of rotatable bonds is 9. The van der Waals surface area contributed by atoms with Crippen molar-refractivity contribution < 1.29 is 18.7 Å². The van der Waals surface area contributed by atoms with Crippen LogP contribution in [0.15, 0.2) is 33.6 Å². The minimum Gasteiger partial charge on any atom is -0.487 e. The van der Waals surface area contributed by atoms with Crippen LogP contribution >= 0.6 is 11.8 Å². The number of thioether (sulfide) groups is 1. The number of carbonyl (C=O) groups is 1. The molecule has 2 aromatic rings. The summed E-state index contributed by atoms with van der Waals surface area (Å²) in [4.78, 5) is 12.9. The number of hydrogen-bond donors (Lipinski definition) is 0. The van der Waals surface area contributed by atoms with E-state index < -0.39 is 0 Å². The number of ether oxygens (including phenoxy) is 2. The second-order valence-electron chi connectivity index (χ2n) is 10.3. The van der Waals surface area contributed by atoms with E-state index in [1.165, 1.54) is 31.2 Å². The minimum atomic E-state index is -0.294. The van der Waals surface area contributed by atoms with Crippen molar-refractivity contribution in [2.75, 3.05) is 5.75 Å². The Bertz CT molecular complexity index is 1050. The maximum atomic E-state index is 11.7. The van der Waals surface area contributed by atoms with Gasteiger partial charge >= 0.3 is 5.97 Å². The van der Waals surface area contributed by atoms with E-state index in [1.54, 1.807) is 12.1 Å². The Morgan fingerprint density at radius 1 is 1.06 bits per heavy atom. The highest BCUT2D eigenvalue weighted by molar-refractivity contribution is 7.99. The van der Waals surface area contributed by atoms with Crippen LogP contribution in [0, 0.1) is 11.8 Å². The highest BCUT2D eigenvalue weighted by atomic mass is 32.2. The molecule has 5 heteroatoms. The Labute approximate surface area is 209 Å². The van der Waals surface area contributed by atoms with Gasteiger partial charge in [0.25, 0.3) is 5.95 Å². The van der Waals surface area contributed by atoms with Gasteiger partial charge in [0.2, 0.25) is 0 Å². The van der Waals surface area contributed by atoms with E-state index in [1.807, 2.05) is 18.7 Å². The van der Waals surface area contributed by atoms with E-state index >= 15 is 0 Å². The summed E-state index contributed by atoms with van der Waals surface area (Å²) in [6.45, 7) is 13.0. The Hall–Kier alpha value is -2.32. The molecule has 2 heterocycles. The molecule has 0 bridgehead atoms. The molecule has 0 saturated carbocycles. The average Bonchev–Trinajstić information content (AvgIpc) is 3.18. The smallest absolute Gasteiger partial charge is 0.313 e. The van der Waals surface area contributed by atoms with Crippen molar-refractivity contribution in [3.8, 4) is 23.5 Å². The monoisotopic (exact) mass is 482 g/mol. The van der Waals surface area contributed by atoms with Crippen molar-refractivity contribution in [1.82, 2.24) is 0 Å². The third-order valence-corrected chi connectivity index (χ3v) is 7.03. The maximum Gasteiger partial charge on any atom is 0.313 e. The number of benzene rings is 1. The molecule has 0 fully saturated rings. The van der Waals surface area contributed by atoms with Crippen molar-refractivity contribution in [3.05, 3.63) is 41.2 Å². The van der Waals surface area contributed by atoms with Gasteiger partial charge in [0.1, 0.15) is 11.4 Å². The molecule has 0 atom stereocenters. The molecule has 1 aromatic heterocycles. The fraction of sp³-hybridized carbons (Fsp3) is 0.552. The number of esters is 1. The quantitative estimate of drug-likeness (QED) is 0.157. The molecule has 3 rings (SSSR count). The summed E-state index contributed by atoms with van der Waals surface area (Å²) in [5.41, 5.74) is 1.96. The zero-order chi connectivity index (χ0) is 24.8.